The van der Waals surface area contributed by atoms with Crippen molar-refractivity contribution in [3.8, 4) is 22.4 Å². The normalized spacial score (nSPS) is 13.4. The lowest BCUT2D eigenvalue weighted by atomic mass is 10.0. The first-order chi connectivity index (χ1) is 14.4. The summed E-state index contributed by atoms with van der Waals surface area (Å²) in [6.45, 7) is -2.26. The lowest BCUT2D eigenvalue weighted by Crippen LogP contribution is -1.90. The number of benzene rings is 2. The zero-order valence-corrected chi connectivity index (χ0v) is 14.9. The minimum Gasteiger partial charge on any atom is -0.255 e. The molecule has 0 bridgehead atoms. The number of hydrogen-bond donors (Lipinski definition) is 0. The van der Waals surface area contributed by atoms with Gasteiger partial charge in [-0.3, -0.25) is 4.98 Å². The summed E-state index contributed by atoms with van der Waals surface area (Å²) in [7, 11) is 0. The molecule has 2 aromatic carbocycles. The second kappa shape index (κ2) is 6.25. The maximum absolute atomic E-state index is 14.9. The first-order valence-corrected chi connectivity index (χ1v) is 9.27. The van der Waals surface area contributed by atoms with Crippen LogP contribution in [0.1, 0.15) is 9.81 Å². The lowest BCUT2D eigenvalue weighted by Gasteiger charge is -2.07. The topological polar surface area (TPSA) is 25.8 Å². The highest BCUT2D eigenvalue weighted by Crippen LogP contribution is 2.39. The van der Waals surface area contributed by atoms with Crippen LogP contribution in [0.5, 0.6) is 0 Å². The Balaban J connectivity index is 1.67. The number of nitrogens with zero attached hydrogens (tertiary/aromatic N) is 2. The highest BCUT2D eigenvalue weighted by molar-refractivity contribution is 7.26. The molecule has 0 unspecified atom stereocenters. The summed E-state index contributed by atoms with van der Waals surface area (Å²) in [4.78, 5) is 9.52. The van der Waals surface area contributed by atoms with Crippen LogP contribution < -0.4 is 0 Å². The number of aryl methyl sites for hydroxylation is 1. The van der Waals surface area contributed by atoms with Gasteiger partial charge in [0.15, 0.2) is 0 Å². The van der Waals surface area contributed by atoms with Gasteiger partial charge in [0.1, 0.15) is 10.6 Å². The third kappa shape index (κ3) is 2.69. The molecule has 0 amide bonds. The number of fused-ring (bicyclic) bond motifs is 3. The molecule has 4 heteroatoms. The SMILES string of the molecule is [2H]C([2H])([2H])c1ccc2c(n1)sc1c(-c3cc(F)c(-c4ccccc4)cn3)cccc12. The molecule has 2 nitrogen and oxygen atoms in total. The van der Waals surface area contributed by atoms with E-state index < -0.39 is 6.85 Å². The van der Waals surface area contributed by atoms with Gasteiger partial charge in [-0.25, -0.2) is 9.37 Å². The largest absolute Gasteiger partial charge is 0.255 e. The van der Waals surface area contributed by atoms with Crippen LogP contribution in [-0.2, 0) is 0 Å². The Morgan fingerprint density at radius 1 is 0.926 bits per heavy atom. The van der Waals surface area contributed by atoms with Crippen LogP contribution in [0.2, 0.25) is 0 Å². The van der Waals surface area contributed by atoms with Crippen LogP contribution >= 0.6 is 11.3 Å². The molecule has 0 fully saturated rings. The predicted molar refractivity (Wildman–Crippen MR) is 110 cm³/mol. The van der Waals surface area contributed by atoms with E-state index in [1.165, 1.54) is 17.4 Å². The molecule has 0 radical (unpaired) electrons. The number of hydrogen-bond acceptors (Lipinski definition) is 3. The second-order valence-corrected chi connectivity index (χ2v) is 7.25. The standard InChI is InChI=1S/C23H15FN2S/c1-14-10-11-17-16-8-5-9-18(22(16)27-23(17)26-14)21-12-20(24)19(13-25-21)15-6-3-2-4-7-15/h2-13H,1H3/i1D3. The summed E-state index contributed by atoms with van der Waals surface area (Å²) in [5, 5.41) is 1.83. The van der Waals surface area contributed by atoms with Gasteiger partial charge in [0.2, 0.25) is 0 Å². The number of pyridine rings is 2. The fraction of sp³-hybridized carbons (Fsp3) is 0.0435. The van der Waals surface area contributed by atoms with E-state index in [0.717, 1.165) is 26.6 Å². The molecule has 130 valence electrons. The molecular weight excluding hydrogens is 355 g/mol. The average Bonchev–Trinajstić information content (AvgIpc) is 3.11. The van der Waals surface area contributed by atoms with Gasteiger partial charge in [0.25, 0.3) is 0 Å². The number of halogens is 1. The fourth-order valence-corrected chi connectivity index (χ4v) is 4.48. The van der Waals surface area contributed by atoms with E-state index in [0.29, 0.717) is 16.1 Å². The second-order valence-electron chi connectivity index (χ2n) is 6.25. The molecule has 0 aliphatic rings. The third-order valence-electron chi connectivity index (χ3n) is 4.58. The average molecular weight is 373 g/mol. The van der Waals surface area contributed by atoms with Crippen molar-refractivity contribution in [2.45, 2.75) is 6.85 Å². The van der Waals surface area contributed by atoms with E-state index in [1.54, 1.807) is 18.3 Å². The third-order valence-corrected chi connectivity index (χ3v) is 5.73. The number of rotatable bonds is 2. The van der Waals surface area contributed by atoms with Crippen molar-refractivity contribution in [1.82, 2.24) is 9.97 Å². The van der Waals surface area contributed by atoms with Gasteiger partial charge in [0.05, 0.1) is 5.69 Å². The van der Waals surface area contributed by atoms with E-state index in [-0.39, 0.29) is 11.5 Å². The Hall–Kier alpha value is -3.11. The Kier molecular flexibility index (Phi) is 3.04. The van der Waals surface area contributed by atoms with Gasteiger partial charge in [0, 0.05) is 48.7 Å². The molecular formula is C23H15FN2S. The molecule has 3 heterocycles. The van der Waals surface area contributed by atoms with Crippen LogP contribution in [0.15, 0.2) is 72.9 Å². The first kappa shape index (κ1) is 13.1. The Labute approximate surface area is 164 Å². The van der Waals surface area contributed by atoms with Gasteiger partial charge >= 0.3 is 0 Å². The minimum absolute atomic E-state index is 0.0690. The van der Waals surface area contributed by atoms with Crippen molar-refractivity contribution in [2.24, 2.45) is 0 Å². The highest BCUT2D eigenvalue weighted by Gasteiger charge is 2.14. The van der Waals surface area contributed by atoms with Crippen molar-refractivity contribution >= 4 is 31.6 Å². The maximum Gasteiger partial charge on any atom is 0.134 e. The van der Waals surface area contributed by atoms with Gasteiger partial charge in [-0.1, -0.05) is 48.5 Å². The molecule has 0 saturated carbocycles. The molecule has 0 aliphatic carbocycles. The van der Waals surface area contributed by atoms with E-state index in [4.69, 9.17) is 4.11 Å². The van der Waals surface area contributed by atoms with Crippen molar-refractivity contribution in [3.63, 3.8) is 0 Å². The van der Waals surface area contributed by atoms with E-state index >= 15 is 0 Å². The summed E-state index contributed by atoms with van der Waals surface area (Å²) in [6.07, 6.45) is 1.55. The Bertz CT molecular complexity index is 1390. The van der Waals surface area contributed by atoms with E-state index in [1.807, 2.05) is 48.5 Å². The van der Waals surface area contributed by atoms with Gasteiger partial charge in [-0.2, -0.15) is 0 Å². The zero-order chi connectivity index (χ0) is 20.9. The lowest BCUT2D eigenvalue weighted by molar-refractivity contribution is 0.630. The van der Waals surface area contributed by atoms with E-state index in [9.17, 15) is 4.39 Å². The molecule has 0 aliphatic heterocycles. The van der Waals surface area contributed by atoms with Gasteiger partial charge in [-0.15, -0.1) is 11.3 Å². The maximum atomic E-state index is 14.9. The van der Waals surface area contributed by atoms with E-state index in [2.05, 4.69) is 9.97 Å². The van der Waals surface area contributed by atoms with Crippen LogP contribution in [-0.4, -0.2) is 9.97 Å². The van der Waals surface area contributed by atoms with Crippen LogP contribution in [0.25, 0.3) is 42.7 Å². The molecule has 0 atom stereocenters. The predicted octanol–water partition coefficient (Wildman–Crippen LogP) is 6.63. The summed E-state index contributed by atoms with van der Waals surface area (Å²) in [5.74, 6) is -0.341. The quantitative estimate of drug-likeness (QED) is 0.347. The molecule has 3 aromatic heterocycles. The minimum atomic E-state index is -2.26. The molecule has 5 aromatic rings. The summed E-state index contributed by atoms with van der Waals surface area (Å²) in [5.41, 5.74) is 2.62. The fourth-order valence-electron chi connectivity index (χ4n) is 3.29. The number of aromatic nitrogens is 2. The van der Waals surface area contributed by atoms with Crippen molar-refractivity contribution < 1.29 is 8.50 Å². The van der Waals surface area contributed by atoms with Crippen LogP contribution in [0.3, 0.4) is 0 Å². The molecule has 27 heavy (non-hydrogen) atoms. The van der Waals surface area contributed by atoms with Crippen LogP contribution in [0, 0.1) is 12.7 Å². The van der Waals surface area contributed by atoms with Gasteiger partial charge in [-0.05, 0) is 24.5 Å². The van der Waals surface area contributed by atoms with Crippen molar-refractivity contribution in [3.05, 3.63) is 84.4 Å². The summed E-state index contributed by atoms with van der Waals surface area (Å²) >= 11 is 1.40. The highest BCUT2D eigenvalue weighted by atomic mass is 32.1. The molecule has 0 N–H and O–H groups in total. The number of thiophene rings is 1. The molecule has 0 saturated heterocycles. The Morgan fingerprint density at radius 3 is 2.63 bits per heavy atom. The molecule has 0 spiro atoms. The zero-order valence-electron chi connectivity index (χ0n) is 17.1. The van der Waals surface area contributed by atoms with Crippen molar-refractivity contribution in [1.29, 1.82) is 0 Å². The van der Waals surface area contributed by atoms with Gasteiger partial charge < -0.3 is 0 Å². The van der Waals surface area contributed by atoms with Crippen LogP contribution in [0.4, 0.5) is 4.39 Å². The summed E-state index contributed by atoms with van der Waals surface area (Å²) < 4.78 is 38.6. The monoisotopic (exact) mass is 373 g/mol. The van der Waals surface area contributed by atoms with Crippen molar-refractivity contribution in [2.75, 3.05) is 0 Å². The Morgan fingerprint density at radius 2 is 1.81 bits per heavy atom. The first-order valence-electron chi connectivity index (χ1n) is 9.96. The summed E-state index contributed by atoms with van der Waals surface area (Å²) in [6, 6.07) is 19.8. The smallest absolute Gasteiger partial charge is 0.134 e. The molecule has 5 rings (SSSR count).